The third-order valence-electron chi connectivity index (χ3n) is 3.21. The van der Waals surface area contributed by atoms with Crippen LogP contribution >= 0.6 is 11.6 Å². The van der Waals surface area contributed by atoms with Gasteiger partial charge in [-0.1, -0.05) is 29.8 Å². The Balaban J connectivity index is 2.25. The van der Waals surface area contributed by atoms with Gasteiger partial charge in [0.1, 0.15) is 10.7 Å². The van der Waals surface area contributed by atoms with Crippen molar-refractivity contribution in [2.45, 2.75) is 26.9 Å². The van der Waals surface area contributed by atoms with E-state index >= 15 is 0 Å². The van der Waals surface area contributed by atoms with Gasteiger partial charge < -0.3 is 10.1 Å². The number of nitrogens with zero attached hydrogens (tertiary/aromatic N) is 2. The van der Waals surface area contributed by atoms with E-state index in [1.54, 1.807) is 13.8 Å². The molecule has 0 aliphatic carbocycles. The highest BCUT2D eigenvalue weighted by Gasteiger charge is 2.25. The minimum absolute atomic E-state index is 0.154. The van der Waals surface area contributed by atoms with Crippen molar-refractivity contribution in [2.24, 2.45) is 0 Å². The first-order valence-corrected chi connectivity index (χ1v) is 7.62. The number of para-hydroxylation sites is 1. The quantitative estimate of drug-likeness (QED) is 0.852. The van der Waals surface area contributed by atoms with E-state index in [-0.39, 0.29) is 16.6 Å². The molecular weight excluding hydrogens is 318 g/mol. The third-order valence-corrected chi connectivity index (χ3v) is 3.56. The van der Waals surface area contributed by atoms with Gasteiger partial charge in [0.05, 0.1) is 11.4 Å². The van der Waals surface area contributed by atoms with Crippen LogP contribution in [0.15, 0.2) is 30.3 Å². The van der Waals surface area contributed by atoms with Crippen LogP contribution in [0.2, 0.25) is 5.15 Å². The summed E-state index contributed by atoms with van der Waals surface area (Å²) in [5, 5.41) is 7.02. The Hall–Kier alpha value is -2.34. The number of nitrogens with one attached hydrogen (secondary N) is 1. The van der Waals surface area contributed by atoms with E-state index in [2.05, 4.69) is 10.4 Å². The highest BCUT2D eigenvalue weighted by atomic mass is 35.5. The molecule has 7 heteroatoms. The maximum Gasteiger partial charge on any atom is 0.344 e. The van der Waals surface area contributed by atoms with E-state index in [1.807, 2.05) is 30.3 Å². The maximum absolute atomic E-state index is 12.3. The van der Waals surface area contributed by atoms with Gasteiger partial charge >= 0.3 is 5.97 Å². The van der Waals surface area contributed by atoms with Crippen molar-refractivity contribution < 1.29 is 14.3 Å². The summed E-state index contributed by atoms with van der Waals surface area (Å²) in [4.78, 5) is 24.0. The molecule has 2 aromatic rings. The molecule has 1 aromatic carbocycles. The lowest BCUT2D eigenvalue weighted by atomic mass is 10.2. The van der Waals surface area contributed by atoms with Crippen LogP contribution in [0, 0.1) is 6.92 Å². The summed E-state index contributed by atoms with van der Waals surface area (Å²) < 4.78 is 6.64. The van der Waals surface area contributed by atoms with Gasteiger partial charge in [-0.15, -0.1) is 0 Å². The molecule has 0 fully saturated rings. The fourth-order valence-corrected chi connectivity index (χ4v) is 2.41. The predicted octanol–water partition coefficient (Wildman–Crippen LogP) is 2.52. The number of esters is 1. The van der Waals surface area contributed by atoms with Crippen LogP contribution in [0.3, 0.4) is 0 Å². The predicted molar refractivity (Wildman–Crippen MR) is 86.9 cm³/mol. The van der Waals surface area contributed by atoms with Crippen LogP contribution in [0.5, 0.6) is 0 Å². The van der Waals surface area contributed by atoms with Gasteiger partial charge in [0, 0.05) is 6.54 Å². The van der Waals surface area contributed by atoms with Crippen molar-refractivity contribution in [1.29, 1.82) is 0 Å². The lowest BCUT2D eigenvalue weighted by Crippen LogP contribution is -2.35. The highest BCUT2D eigenvalue weighted by molar-refractivity contribution is 6.33. The molecule has 0 unspecified atom stereocenters. The number of hydrogen-bond acceptors (Lipinski definition) is 4. The Morgan fingerprint density at radius 1 is 1.35 bits per heavy atom. The van der Waals surface area contributed by atoms with Gasteiger partial charge in [-0.05, 0) is 32.9 Å². The molecule has 0 aliphatic heterocycles. The second kappa shape index (κ2) is 7.28. The van der Waals surface area contributed by atoms with E-state index in [4.69, 9.17) is 16.3 Å². The SMILES string of the molecule is CCNC(=O)[C@@H](C)OC(=O)c1c(C)nn(-c2ccccc2)c1Cl. The van der Waals surface area contributed by atoms with Crippen molar-refractivity contribution in [3.8, 4) is 5.69 Å². The second-order valence-electron chi connectivity index (χ2n) is 4.94. The van der Waals surface area contributed by atoms with E-state index in [0.29, 0.717) is 12.2 Å². The fourth-order valence-electron chi connectivity index (χ4n) is 2.06. The lowest BCUT2D eigenvalue weighted by Gasteiger charge is -2.12. The van der Waals surface area contributed by atoms with Gasteiger partial charge in [0.15, 0.2) is 6.10 Å². The molecule has 6 nitrogen and oxygen atoms in total. The van der Waals surface area contributed by atoms with Crippen LogP contribution in [0.4, 0.5) is 0 Å². The molecule has 0 saturated heterocycles. The Bertz CT molecular complexity index is 713. The van der Waals surface area contributed by atoms with E-state index in [1.165, 1.54) is 11.6 Å². The Morgan fingerprint density at radius 2 is 2.00 bits per heavy atom. The second-order valence-corrected chi connectivity index (χ2v) is 5.30. The first-order chi connectivity index (χ1) is 11.0. The fraction of sp³-hybridized carbons (Fsp3) is 0.312. The van der Waals surface area contributed by atoms with Crippen molar-refractivity contribution in [3.63, 3.8) is 0 Å². The number of carbonyl (C=O) groups is 2. The number of aryl methyl sites for hydroxylation is 1. The van der Waals surface area contributed by atoms with Crippen molar-refractivity contribution in [3.05, 3.63) is 46.7 Å². The first-order valence-electron chi connectivity index (χ1n) is 7.25. The van der Waals surface area contributed by atoms with E-state index in [0.717, 1.165) is 5.69 Å². The van der Waals surface area contributed by atoms with Crippen LogP contribution in [-0.4, -0.2) is 34.3 Å². The average Bonchev–Trinajstić information content (AvgIpc) is 2.83. The maximum atomic E-state index is 12.3. The number of hydrogen-bond donors (Lipinski definition) is 1. The Kier molecular flexibility index (Phi) is 5.39. The lowest BCUT2D eigenvalue weighted by molar-refractivity contribution is -0.128. The van der Waals surface area contributed by atoms with Gasteiger partial charge in [0.2, 0.25) is 0 Å². The van der Waals surface area contributed by atoms with Crippen molar-refractivity contribution >= 4 is 23.5 Å². The smallest absolute Gasteiger partial charge is 0.344 e. The zero-order chi connectivity index (χ0) is 17.0. The largest absolute Gasteiger partial charge is 0.449 e. The Morgan fingerprint density at radius 3 is 2.61 bits per heavy atom. The first kappa shape index (κ1) is 17.0. The number of carbonyl (C=O) groups excluding carboxylic acids is 2. The number of amides is 1. The molecule has 1 aromatic heterocycles. The van der Waals surface area contributed by atoms with E-state index in [9.17, 15) is 9.59 Å². The summed E-state index contributed by atoms with van der Waals surface area (Å²) in [6.07, 6.45) is -0.905. The molecular formula is C16H18ClN3O3. The number of ether oxygens (including phenoxy) is 1. The molecule has 1 amide bonds. The monoisotopic (exact) mass is 335 g/mol. The molecule has 0 spiro atoms. The standard InChI is InChI=1S/C16H18ClN3O3/c1-4-18-15(21)11(3)23-16(22)13-10(2)19-20(14(13)17)12-8-6-5-7-9-12/h5-9,11H,4H2,1-3H3,(H,18,21)/t11-/m1/s1. The topological polar surface area (TPSA) is 73.2 Å². The summed E-state index contributed by atoms with van der Waals surface area (Å²) in [7, 11) is 0. The molecule has 122 valence electrons. The van der Waals surface area contributed by atoms with Gasteiger partial charge in [0.25, 0.3) is 5.91 Å². The van der Waals surface area contributed by atoms with E-state index < -0.39 is 12.1 Å². The molecule has 0 aliphatic rings. The van der Waals surface area contributed by atoms with Gasteiger partial charge in [-0.2, -0.15) is 5.10 Å². The molecule has 1 atom stereocenters. The number of likely N-dealkylation sites (N-methyl/N-ethyl adjacent to an activating group) is 1. The number of halogens is 1. The molecule has 1 N–H and O–H groups in total. The molecule has 0 bridgehead atoms. The summed E-state index contributed by atoms with van der Waals surface area (Å²) in [6, 6.07) is 9.21. The number of aromatic nitrogens is 2. The average molecular weight is 336 g/mol. The Labute approximate surface area is 139 Å². The molecule has 2 rings (SSSR count). The van der Waals surface area contributed by atoms with Gasteiger partial charge in [-0.3, -0.25) is 4.79 Å². The van der Waals surface area contributed by atoms with Gasteiger partial charge in [-0.25, -0.2) is 9.48 Å². The van der Waals surface area contributed by atoms with Crippen LogP contribution in [0.25, 0.3) is 5.69 Å². The van der Waals surface area contributed by atoms with Crippen LogP contribution < -0.4 is 5.32 Å². The normalized spacial score (nSPS) is 11.8. The van der Waals surface area contributed by atoms with Crippen molar-refractivity contribution in [2.75, 3.05) is 6.54 Å². The summed E-state index contributed by atoms with van der Waals surface area (Å²) in [5.74, 6) is -1.03. The summed E-state index contributed by atoms with van der Waals surface area (Å²) in [5.41, 5.74) is 1.33. The third kappa shape index (κ3) is 3.71. The molecule has 1 heterocycles. The molecule has 23 heavy (non-hydrogen) atoms. The van der Waals surface area contributed by atoms with Crippen LogP contribution in [0.1, 0.15) is 29.9 Å². The zero-order valence-electron chi connectivity index (χ0n) is 13.2. The summed E-state index contributed by atoms with van der Waals surface area (Å²) >= 11 is 6.28. The minimum Gasteiger partial charge on any atom is -0.449 e. The summed E-state index contributed by atoms with van der Waals surface area (Å²) in [6.45, 7) is 5.43. The highest BCUT2D eigenvalue weighted by Crippen LogP contribution is 2.24. The minimum atomic E-state index is -0.905. The number of rotatable bonds is 5. The van der Waals surface area contributed by atoms with Crippen LogP contribution in [-0.2, 0) is 9.53 Å². The molecule has 0 saturated carbocycles. The molecule has 0 radical (unpaired) electrons. The zero-order valence-corrected chi connectivity index (χ0v) is 13.9. The number of benzene rings is 1. The van der Waals surface area contributed by atoms with Crippen molar-refractivity contribution in [1.82, 2.24) is 15.1 Å².